The van der Waals surface area contributed by atoms with E-state index < -0.39 is 26.6 Å². The van der Waals surface area contributed by atoms with Crippen molar-refractivity contribution in [3.05, 3.63) is 146 Å². The minimum absolute atomic E-state index is 0.0171. The summed E-state index contributed by atoms with van der Waals surface area (Å²) in [5.74, 6) is -0.227. The topological polar surface area (TPSA) is 108 Å². The molecule has 2 N–H and O–H groups in total. The van der Waals surface area contributed by atoms with Gasteiger partial charge in [-0.1, -0.05) is 269 Å². The number of allylic oxidation sites excluding steroid dienone is 23. The third kappa shape index (κ3) is 61.8. The lowest BCUT2D eigenvalue weighted by Gasteiger charge is -2.29. The second kappa shape index (κ2) is 59.0. The van der Waals surface area contributed by atoms with Crippen LogP contribution in [-0.4, -0.2) is 68.5 Å². The van der Waals surface area contributed by atoms with Crippen molar-refractivity contribution >= 4 is 13.7 Å². The average molecular weight is 1120 g/mol. The van der Waals surface area contributed by atoms with Gasteiger partial charge in [-0.3, -0.25) is 9.36 Å². The van der Waals surface area contributed by atoms with Gasteiger partial charge in [0.1, 0.15) is 13.2 Å². The molecule has 0 fully saturated rings. The zero-order valence-electron chi connectivity index (χ0n) is 51.3. The van der Waals surface area contributed by atoms with E-state index in [4.69, 9.17) is 9.05 Å². The summed E-state index contributed by atoms with van der Waals surface area (Å²) >= 11 is 0. The zero-order chi connectivity index (χ0) is 57.7. The van der Waals surface area contributed by atoms with Gasteiger partial charge in [0, 0.05) is 6.42 Å². The number of rotatable bonds is 56. The van der Waals surface area contributed by atoms with Crippen molar-refractivity contribution in [3.8, 4) is 0 Å². The second-order valence-electron chi connectivity index (χ2n) is 22.0. The number of aliphatic hydroxyl groups excluding tert-OH is 1. The van der Waals surface area contributed by atoms with Crippen molar-refractivity contribution in [1.82, 2.24) is 5.32 Å². The number of likely N-dealkylation sites (N-methyl/N-ethyl adjacent to an activating group) is 1. The number of unbranched alkanes of at least 4 members (excludes halogenated alkanes) is 21. The smallest absolute Gasteiger partial charge is 0.268 e. The standard InChI is InChI=1S/C70H119N2O6P/c1-6-8-10-12-14-16-18-20-22-24-26-28-29-30-31-32-33-34-35-36-37-38-39-40-41-42-43-44-46-48-50-52-54-56-58-60-62-64-70(74)71-68(67-78-79(75,76)77-66-65-72(3,4)5)69(73)63-61-59-57-55-53-51-49-47-45-27-25-23-21-19-17-15-13-11-9-7-2/h8,10,14,16,20,22,26,28,30-31,33-34,36-37,39-40,42-43,46,48,53,55,61,63,68-69,73H,6-7,9,11-13,15,17-19,21,23-25,27,29,32,35,38,41,44-45,47,49-52,54,56-60,62,64-67H2,1-5H3,(H-,71,74,75,76)/b10-8-,16-14-,22-20-,28-26-,31-30-,34-33-,37-36-,40-39-,43-42-,48-46-,55-53+,63-61+. The summed E-state index contributed by atoms with van der Waals surface area (Å²) in [5, 5.41) is 13.9. The normalized spacial score (nSPS) is 14.8. The van der Waals surface area contributed by atoms with E-state index in [1.54, 1.807) is 6.08 Å². The molecule has 3 atom stereocenters. The molecule has 0 heterocycles. The van der Waals surface area contributed by atoms with Crippen LogP contribution in [-0.2, 0) is 18.4 Å². The van der Waals surface area contributed by atoms with Gasteiger partial charge in [-0.25, -0.2) is 0 Å². The molecule has 1 amide bonds. The highest BCUT2D eigenvalue weighted by Crippen LogP contribution is 2.38. The highest BCUT2D eigenvalue weighted by Gasteiger charge is 2.23. The van der Waals surface area contributed by atoms with Gasteiger partial charge >= 0.3 is 0 Å². The maximum Gasteiger partial charge on any atom is 0.268 e. The molecule has 8 nitrogen and oxygen atoms in total. The van der Waals surface area contributed by atoms with Crippen molar-refractivity contribution in [3.63, 3.8) is 0 Å². The Morgan fingerprint density at radius 1 is 0.456 bits per heavy atom. The Morgan fingerprint density at radius 2 is 0.785 bits per heavy atom. The van der Waals surface area contributed by atoms with Crippen LogP contribution >= 0.6 is 7.82 Å². The maximum absolute atomic E-state index is 13.0. The average Bonchev–Trinajstić information content (AvgIpc) is 3.42. The Labute approximate surface area is 487 Å². The number of phosphoric ester groups is 1. The summed E-state index contributed by atoms with van der Waals surface area (Å²) in [7, 11) is 1.21. The van der Waals surface area contributed by atoms with Gasteiger partial charge in [-0.05, 0) is 109 Å². The lowest BCUT2D eigenvalue weighted by Crippen LogP contribution is -2.45. The predicted octanol–water partition coefficient (Wildman–Crippen LogP) is 19.4. The quantitative estimate of drug-likeness (QED) is 0.0272. The Hall–Kier alpha value is -3.62. The first-order valence-corrected chi connectivity index (χ1v) is 33.2. The molecule has 0 aromatic rings. The molecule has 0 aliphatic heterocycles. The summed E-state index contributed by atoms with van der Waals surface area (Å²) in [5.41, 5.74) is 0. The first-order valence-electron chi connectivity index (χ1n) is 31.7. The fourth-order valence-corrected chi connectivity index (χ4v) is 9.10. The first kappa shape index (κ1) is 75.4. The summed E-state index contributed by atoms with van der Waals surface area (Å²) in [6, 6.07) is -0.923. The molecule has 0 aliphatic rings. The van der Waals surface area contributed by atoms with Crippen molar-refractivity contribution in [1.29, 1.82) is 0 Å². The van der Waals surface area contributed by atoms with Crippen molar-refractivity contribution < 1.29 is 32.9 Å². The van der Waals surface area contributed by atoms with Gasteiger partial charge in [-0.15, -0.1) is 0 Å². The lowest BCUT2D eigenvalue weighted by molar-refractivity contribution is -0.870. The zero-order valence-corrected chi connectivity index (χ0v) is 52.2. The molecule has 0 radical (unpaired) electrons. The SMILES string of the molecule is CC/C=C\C/C=C\C/C=C\C/C=C\C/C=C\C/C=C\C/C=C\C/C=C\C/C=C\C/C=C\CCCCCCCCC(=O)NC(COP(=O)([O-])OCC[N+](C)(C)C)C(O)/C=C/CC/C=C/CCCCCCCCCCCCCCCC. The predicted molar refractivity (Wildman–Crippen MR) is 343 cm³/mol. The summed E-state index contributed by atoms with van der Waals surface area (Å²) in [4.78, 5) is 25.5. The number of amides is 1. The third-order valence-corrected chi connectivity index (χ3v) is 14.2. The lowest BCUT2D eigenvalue weighted by atomic mass is 10.0. The largest absolute Gasteiger partial charge is 0.756 e. The van der Waals surface area contributed by atoms with Crippen LogP contribution in [0.5, 0.6) is 0 Å². The molecular formula is C70H119N2O6P. The van der Waals surface area contributed by atoms with Crippen molar-refractivity contribution in [2.24, 2.45) is 0 Å². The number of hydrogen-bond acceptors (Lipinski definition) is 6. The van der Waals surface area contributed by atoms with Crippen LogP contribution in [0.25, 0.3) is 0 Å². The Balaban J connectivity index is 4.25. The van der Waals surface area contributed by atoms with E-state index in [0.717, 1.165) is 128 Å². The van der Waals surface area contributed by atoms with Gasteiger partial charge < -0.3 is 28.8 Å². The molecular weight excluding hydrogens is 996 g/mol. The van der Waals surface area contributed by atoms with Crippen LogP contribution in [0.2, 0.25) is 0 Å². The van der Waals surface area contributed by atoms with Crippen LogP contribution in [0.15, 0.2) is 146 Å². The van der Waals surface area contributed by atoms with Gasteiger partial charge in [0.25, 0.3) is 7.82 Å². The summed E-state index contributed by atoms with van der Waals surface area (Å²) in [6.45, 7) is 4.50. The van der Waals surface area contributed by atoms with Crippen LogP contribution in [0.4, 0.5) is 0 Å². The number of quaternary nitrogens is 1. The van der Waals surface area contributed by atoms with Crippen LogP contribution in [0, 0.1) is 0 Å². The van der Waals surface area contributed by atoms with Crippen LogP contribution in [0.1, 0.15) is 239 Å². The summed E-state index contributed by atoms with van der Waals surface area (Å²) in [6.07, 6.45) is 90.8. The van der Waals surface area contributed by atoms with E-state index in [2.05, 4.69) is 153 Å². The Bertz CT molecular complexity index is 1790. The fourth-order valence-electron chi connectivity index (χ4n) is 8.37. The molecule has 0 aliphatic carbocycles. The summed E-state index contributed by atoms with van der Waals surface area (Å²) < 4.78 is 23.4. The minimum atomic E-state index is -4.62. The number of hydrogen-bond donors (Lipinski definition) is 2. The molecule has 450 valence electrons. The highest BCUT2D eigenvalue weighted by molar-refractivity contribution is 7.45. The molecule has 79 heavy (non-hydrogen) atoms. The van der Waals surface area contributed by atoms with Crippen molar-refractivity contribution in [2.45, 2.75) is 251 Å². The maximum atomic E-state index is 13.0. The second-order valence-corrected chi connectivity index (χ2v) is 23.4. The van der Waals surface area contributed by atoms with Gasteiger partial charge in [0.05, 0.1) is 39.9 Å². The number of aliphatic hydroxyl groups is 1. The molecule has 0 saturated carbocycles. The molecule has 0 saturated heterocycles. The molecule has 3 unspecified atom stereocenters. The van der Waals surface area contributed by atoms with Crippen LogP contribution < -0.4 is 10.2 Å². The molecule has 0 spiro atoms. The van der Waals surface area contributed by atoms with Gasteiger partial charge in [-0.2, -0.15) is 0 Å². The highest BCUT2D eigenvalue weighted by atomic mass is 31.2. The van der Waals surface area contributed by atoms with Crippen molar-refractivity contribution in [2.75, 3.05) is 40.9 Å². The molecule has 0 aromatic carbocycles. The third-order valence-electron chi connectivity index (χ3n) is 13.3. The minimum Gasteiger partial charge on any atom is -0.756 e. The first-order chi connectivity index (χ1) is 38.5. The number of nitrogens with zero attached hydrogens (tertiary/aromatic N) is 1. The van der Waals surface area contributed by atoms with E-state index in [0.29, 0.717) is 17.4 Å². The number of carbonyl (C=O) groups is 1. The monoisotopic (exact) mass is 1110 g/mol. The van der Waals surface area contributed by atoms with Crippen LogP contribution in [0.3, 0.4) is 0 Å². The molecule has 0 bridgehead atoms. The molecule has 9 heteroatoms. The van der Waals surface area contributed by atoms with E-state index in [9.17, 15) is 19.4 Å². The Kier molecular flexibility index (Phi) is 56.3. The number of carbonyl (C=O) groups excluding carboxylic acids is 1. The van der Waals surface area contributed by atoms with Gasteiger partial charge in [0.2, 0.25) is 5.91 Å². The van der Waals surface area contributed by atoms with Gasteiger partial charge in [0.15, 0.2) is 0 Å². The van der Waals surface area contributed by atoms with E-state index in [1.807, 2.05) is 27.2 Å². The molecule has 0 aromatic heterocycles. The van der Waals surface area contributed by atoms with E-state index >= 15 is 0 Å². The van der Waals surface area contributed by atoms with E-state index in [-0.39, 0.29) is 12.5 Å². The fraction of sp³-hybridized carbons (Fsp3) is 0.643. The Morgan fingerprint density at radius 3 is 1.18 bits per heavy atom. The number of nitrogens with one attached hydrogen (secondary N) is 1. The molecule has 0 rings (SSSR count). The number of phosphoric acid groups is 1. The van der Waals surface area contributed by atoms with E-state index in [1.165, 1.54) is 89.9 Å².